The van der Waals surface area contributed by atoms with Crippen LogP contribution in [0.3, 0.4) is 0 Å². The van der Waals surface area contributed by atoms with E-state index in [-0.39, 0.29) is 23.9 Å². The molecule has 1 aliphatic carbocycles. The van der Waals surface area contributed by atoms with E-state index >= 15 is 0 Å². The Morgan fingerprint density at radius 2 is 2.24 bits per heavy atom. The largest absolute Gasteiger partial charge is 0.340 e. The van der Waals surface area contributed by atoms with Crippen LogP contribution in [-0.2, 0) is 6.42 Å². The lowest BCUT2D eigenvalue weighted by Crippen LogP contribution is -2.42. The van der Waals surface area contributed by atoms with Crippen LogP contribution in [0.25, 0.3) is 0 Å². The smallest absolute Gasteiger partial charge is 0.318 e. The Hall–Kier alpha value is -2.44. The Bertz CT molecular complexity index is 791. The third kappa shape index (κ3) is 3.10. The van der Waals surface area contributed by atoms with Crippen LogP contribution in [0, 0.1) is 12.7 Å². The van der Waals surface area contributed by atoms with Gasteiger partial charge in [-0.15, -0.1) is 0 Å². The molecular weight excluding hydrogens is 323 g/mol. The molecule has 0 saturated carbocycles. The molecule has 1 saturated heterocycles. The van der Waals surface area contributed by atoms with Gasteiger partial charge in [-0.3, -0.25) is 0 Å². The van der Waals surface area contributed by atoms with E-state index in [1.807, 2.05) is 6.07 Å². The van der Waals surface area contributed by atoms with Crippen molar-refractivity contribution in [1.82, 2.24) is 20.4 Å². The first kappa shape index (κ1) is 16.1. The van der Waals surface area contributed by atoms with Crippen molar-refractivity contribution in [2.75, 3.05) is 6.54 Å². The Labute approximate surface area is 145 Å². The molecule has 1 aromatic heterocycles. The van der Waals surface area contributed by atoms with Crippen molar-refractivity contribution in [3.05, 3.63) is 46.9 Å². The lowest BCUT2D eigenvalue weighted by molar-refractivity contribution is 0.184. The van der Waals surface area contributed by atoms with Crippen LogP contribution >= 0.6 is 0 Å². The molecule has 0 spiro atoms. The van der Waals surface area contributed by atoms with E-state index in [2.05, 4.69) is 15.5 Å². The summed E-state index contributed by atoms with van der Waals surface area (Å²) in [5.74, 6) is 0.792. The first-order chi connectivity index (χ1) is 12.1. The van der Waals surface area contributed by atoms with Crippen LogP contribution < -0.4 is 5.32 Å². The summed E-state index contributed by atoms with van der Waals surface area (Å²) in [6.45, 7) is 2.40. The van der Waals surface area contributed by atoms with Gasteiger partial charge >= 0.3 is 6.03 Å². The Balaban J connectivity index is 1.52. The van der Waals surface area contributed by atoms with Gasteiger partial charge in [-0.2, -0.15) is 4.98 Å². The number of fused-ring (bicyclic) bond motifs is 1. The second-order valence-corrected chi connectivity index (χ2v) is 6.76. The summed E-state index contributed by atoms with van der Waals surface area (Å²) in [6, 6.07) is 4.39. The van der Waals surface area contributed by atoms with E-state index < -0.39 is 0 Å². The van der Waals surface area contributed by atoms with E-state index in [0.29, 0.717) is 18.3 Å². The molecule has 2 amide bonds. The van der Waals surface area contributed by atoms with Gasteiger partial charge in [0.1, 0.15) is 5.82 Å². The Morgan fingerprint density at radius 1 is 1.36 bits per heavy atom. The SMILES string of the molecule is Cc1nc(C2CCCN2C(=O)N[C@H]2CCCc3ccc(F)cc32)no1. The molecule has 1 N–H and O–H groups in total. The monoisotopic (exact) mass is 344 g/mol. The number of likely N-dealkylation sites (tertiary alicyclic amines) is 1. The predicted molar refractivity (Wildman–Crippen MR) is 88.3 cm³/mol. The van der Waals surface area contributed by atoms with Gasteiger partial charge in [-0.05, 0) is 55.4 Å². The lowest BCUT2D eigenvalue weighted by Gasteiger charge is -2.30. The van der Waals surface area contributed by atoms with Gasteiger partial charge in [0.15, 0.2) is 5.82 Å². The maximum atomic E-state index is 13.6. The fourth-order valence-electron chi connectivity index (χ4n) is 3.88. The average Bonchev–Trinajstić information content (AvgIpc) is 3.24. The molecule has 6 nitrogen and oxygen atoms in total. The fourth-order valence-corrected chi connectivity index (χ4v) is 3.88. The van der Waals surface area contributed by atoms with Crippen LogP contribution in [0.2, 0.25) is 0 Å². The second-order valence-electron chi connectivity index (χ2n) is 6.76. The fraction of sp³-hybridized carbons (Fsp3) is 0.500. The summed E-state index contributed by atoms with van der Waals surface area (Å²) in [5, 5.41) is 7.05. The van der Waals surface area contributed by atoms with Crippen LogP contribution in [-0.4, -0.2) is 27.6 Å². The molecule has 132 valence electrons. The van der Waals surface area contributed by atoms with E-state index in [1.54, 1.807) is 17.9 Å². The maximum absolute atomic E-state index is 13.6. The predicted octanol–water partition coefficient (Wildman–Crippen LogP) is 3.44. The number of hydrogen-bond donors (Lipinski definition) is 1. The van der Waals surface area contributed by atoms with Gasteiger partial charge in [-0.25, -0.2) is 9.18 Å². The topological polar surface area (TPSA) is 71.3 Å². The number of amides is 2. The van der Waals surface area contributed by atoms with Crippen LogP contribution in [0.15, 0.2) is 22.7 Å². The molecule has 2 atom stereocenters. The van der Waals surface area contributed by atoms with Crippen molar-refractivity contribution in [2.24, 2.45) is 0 Å². The number of nitrogens with one attached hydrogen (secondary N) is 1. The summed E-state index contributed by atoms with van der Waals surface area (Å²) in [7, 11) is 0. The summed E-state index contributed by atoms with van der Waals surface area (Å²) in [5.41, 5.74) is 2.01. The molecule has 2 aliphatic rings. The number of hydrogen-bond acceptors (Lipinski definition) is 4. The molecule has 2 aromatic rings. The van der Waals surface area contributed by atoms with Gasteiger partial charge < -0.3 is 14.7 Å². The van der Waals surface area contributed by atoms with Crippen molar-refractivity contribution in [1.29, 1.82) is 0 Å². The third-order valence-corrected chi connectivity index (χ3v) is 5.07. The van der Waals surface area contributed by atoms with E-state index in [4.69, 9.17) is 4.52 Å². The summed E-state index contributed by atoms with van der Waals surface area (Å²) < 4.78 is 18.7. The molecular formula is C18H21FN4O2. The highest BCUT2D eigenvalue weighted by Gasteiger charge is 2.34. The summed E-state index contributed by atoms with van der Waals surface area (Å²) in [6.07, 6.45) is 4.46. The van der Waals surface area contributed by atoms with Crippen LogP contribution in [0.1, 0.15) is 60.6 Å². The number of carbonyl (C=O) groups is 1. The molecule has 1 aliphatic heterocycles. The minimum Gasteiger partial charge on any atom is -0.340 e. The highest BCUT2D eigenvalue weighted by atomic mass is 19.1. The number of halogens is 1. The van der Waals surface area contributed by atoms with Crippen LogP contribution in [0.4, 0.5) is 9.18 Å². The first-order valence-electron chi connectivity index (χ1n) is 8.77. The lowest BCUT2D eigenvalue weighted by atomic mass is 9.87. The molecule has 0 radical (unpaired) electrons. The van der Waals surface area contributed by atoms with Crippen LogP contribution in [0.5, 0.6) is 0 Å². The van der Waals surface area contributed by atoms with E-state index in [1.165, 1.54) is 6.07 Å². The van der Waals surface area contributed by atoms with Crippen molar-refractivity contribution in [3.63, 3.8) is 0 Å². The molecule has 1 fully saturated rings. The number of urea groups is 1. The number of rotatable bonds is 2. The second kappa shape index (κ2) is 6.46. The van der Waals surface area contributed by atoms with Gasteiger partial charge in [0.2, 0.25) is 5.89 Å². The molecule has 0 bridgehead atoms. The van der Waals surface area contributed by atoms with Crippen molar-refractivity contribution >= 4 is 6.03 Å². The zero-order chi connectivity index (χ0) is 17.4. The summed E-state index contributed by atoms with van der Waals surface area (Å²) >= 11 is 0. The third-order valence-electron chi connectivity index (χ3n) is 5.07. The molecule has 1 aromatic carbocycles. The zero-order valence-electron chi connectivity index (χ0n) is 14.2. The minimum atomic E-state index is -0.263. The Kier molecular flexibility index (Phi) is 4.15. The van der Waals surface area contributed by atoms with Gasteiger partial charge in [0, 0.05) is 13.5 Å². The number of benzene rings is 1. The number of nitrogens with zero attached hydrogens (tertiary/aromatic N) is 3. The van der Waals surface area contributed by atoms with Gasteiger partial charge in [-0.1, -0.05) is 11.2 Å². The van der Waals surface area contributed by atoms with E-state index in [0.717, 1.165) is 43.2 Å². The van der Waals surface area contributed by atoms with Crippen molar-refractivity contribution in [2.45, 2.75) is 51.1 Å². The first-order valence-corrected chi connectivity index (χ1v) is 8.77. The van der Waals surface area contributed by atoms with Gasteiger partial charge in [0.25, 0.3) is 0 Å². The zero-order valence-corrected chi connectivity index (χ0v) is 14.2. The highest BCUT2D eigenvalue weighted by molar-refractivity contribution is 5.75. The normalized spacial score (nSPS) is 22.7. The average molecular weight is 344 g/mol. The summed E-state index contributed by atoms with van der Waals surface area (Å²) in [4.78, 5) is 18.9. The van der Waals surface area contributed by atoms with E-state index in [9.17, 15) is 9.18 Å². The van der Waals surface area contributed by atoms with Crippen molar-refractivity contribution in [3.8, 4) is 0 Å². The standard InChI is InChI=1S/C18H21FN4O2/c1-11-20-17(22-25-11)16-6-3-9-23(16)18(24)21-15-5-2-4-12-7-8-13(19)10-14(12)15/h7-8,10,15-16H,2-6,9H2,1H3,(H,21,24)/t15-,16?/m0/s1. The minimum absolute atomic E-state index is 0.146. The number of aryl methyl sites for hydroxylation is 2. The highest BCUT2D eigenvalue weighted by Crippen LogP contribution is 2.33. The molecule has 2 heterocycles. The molecule has 1 unspecified atom stereocenters. The number of carbonyl (C=O) groups excluding carboxylic acids is 1. The Morgan fingerprint density at radius 3 is 3.04 bits per heavy atom. The maximum Gasteiger partial charge on any atom is 0.318 e. The van der Waals surface area contributed by atoms with Crippen molar-refractivity contribution < 1.29 is 13.7 Å². The number of aromatic nitrogens is 2. The molecule has 7 heteroatoms. The molecule has 4 rings (SSSR count). The molecule has 25 heavy (non-hydrogen) atoms. The van der Waals surface area contributed by atoms with Gasteiger partial charge in [0.05, 0.1) is 12.1 Å². The quantitative estimate of drug-likeness (QED) is 0.906.